The highest BCUT2D eigenvalue weighted by Gasteiger charge is 2.30. The van der Waals surface area contributed by atoms with Crippen LogP contribution in [0.4, 0.5) is 0 Å². The summed E-state index contributed by atoms with van der Waals surface area (Å²) in [6.45, 7) is 0. The fourth-order valence-electron chi connectivity index (χ4n) is 2.01. The lowest BCUT2D eigenvalue weighted by molar-refractivity contribution is -0.130. The number of H-pyrrole nitrogens is 1. The maximum Gasteiger partial charge on any atom is 0.256 e. The van der Waals surface area contributed by atoms with Crippen molar-refractivity contribution in [1.29, 1.82) is 0 Å². The molecule has 2 heterocycles. The molecule has 0 aromatic carbocycles. The highest BCUT2D eigenvalue weighted by atomic mass is 16.2. The topological polar surface area (TPSA) is 142 Å². The van der Waals surface area contributed by atoms with E-state index in [1.807, 2.05) is 5.43 Å². The van der Waals surface area contributed by atoms with Gasteiger partial charge in [-0.15, -0.1) is 0 Å². The van der Waals surface area contributed by atoms with Crippen LogP contribution in [0.1, 0.15) is 18.5 Å². The maximum atomic E-state index is 12.0. The number of hydrazine groups is 1. The second kappa shape index (κ2) is 6.15. The molecule has 0 saturated carbocycles. The second-order valence-electron chi connectivity index (χ2n) is 4.51. The minimum atomic E-state index is -0.828. The van der Waals surface area contributed by atoms with E-state index >= 15 is 0 Å². The Morgan fingerprint density at radius 3 is 2.90 bits per heavy atom. The van der Waals surface area contributed by atoms with Gasteiger partial charge in [-0.3, -0.25) is 24.9 Å². The van der Waals surface area contributed by atoms with Crippen molar-refractivity contribution in [1.82, 2.24) is 26.3 Å². The van der Waals surface area contributed by atoms with Gasteiger partial charge in [0.15, 0.2) is 0 Å². The van der Waals surface area contributed by atoms with E-state index in [0.29, 0.717) is 18.5 Å². The summed E-state index contributed by atoms with van der Waals surface area (Å²) in [6.07, 6.45) is 2.51. The van der Waals surface area contributed by atoms with Gasteiger partial charge in [-0.05, 0) is 12.5 Å². The molecule has 1 saturated heterocycles. The molecule has 1 aliphatic heterocycles. The van der Waals surface area contributed by atoms with Crippen molar-refractivity contribution >= 4 is 17.7 Å². The summed E-state index contributed by atoms with van der Waals surface area (Å²) in [5.41, 5.74) is 2.70. The van der Waals surface area contributed by atoms with Gasteiger partial charge < -0.3 is 10.6 Å². The van der Waals surface area contributed by atoms with Crippen LogP contribution in [0.5, 0.6) is 0 Å². The number of rotatable bonds is 5. The number of nitrogens with two attached hydrogens (primary N) is 1. The van der Waals surface area contributed by atoms with Crippen molar-refractivity contribution in [3.05, 3.63) is 18.0 Å². The van der Waals surface area contributed by atoms with Gasteiger partial charge in [0.2, 0.25) is 11.8 Å². The predicted molar refractivity (Wildman–Crippen MR) is 67.7 cm³/mol. The fourth-order valence-corrected chi connectivity index (χ4v) is 2.01. The number of aromatic amines is 1. The SMILES string of the molecule is NNC(=O)[C@@H](Cc1ccn[nH]1)NC(=O)[C@@H]1CCC(=O)N1. The molecule has 0 spiro atoms. The largest absolute Gasteiger partial charge is 0.344 e. The highest BCUT2D eigenvalue weighted by Crippen LogP contribution is 2.07. The van der Waals surface area contributed by atoms with Crippen LogP contribution in [0.2, 0.25) is 0 Å². The molecule has 1 aromatic rings. The molecule has 0 radical (unpaired) electrons. The molecular formula is C11H16N6O3. The number of nitrogens with zero attached hydrogens (tertiary/aromatic N) is 1. The van der Waals surface area contributed by atoms with Crippen LogP contribution in [-0.2, 0) is 20.8 Å². The lowest BCUT2D eigenvalue weighted by Gasteiger charge is -2.18. The van der Waals surface area contributed by atoms with Crippen molar-refractivity contribution in [2.45, 2.75) is 31.3 Å². The number of amides is 3. The Hall–Kier alpha value is -2.42. The molecule has 1 fully saturated rings. The van der Waals surface area contributed by atoms with E-state index in [2.05, 4.69) is 20.8 Å². The first-order chi connectivity index (χ1) is 9.60. The van der Waals surface area contributed by atoms with Crippen molar-refractivity contribution in [3.8, 4) is 0 Å². The fraction of sp³-hybridized carbons (Fsp3) is 0.455. The van der Waals surface area contributed by atoms with E-state index in [9.17, 15) is 14.4 Å². The Bertz CT molecular complexity index is 500. The van der Waals surface area contributed by atoms with Gasteiger partial charge >= 0.3 is 0 Å². The average molecular weight is 280 g/mol. The van der Waals surface area contributed by atoms with Crippen molar-refractivity contribution < 1.29 is 14.4 Å². The molecule has 2 rings (SSSR count). The molecule has 0 unspecified atom stereocenters. The third-order valence-corrected chi connectivity index (χ3v) is 3.07. The summed E-state index contributed by atoms with van der Waals surface area (Å²) >= 11 is 0. The van der Waals surface area contributed by atoms with Gasteiger partial charge in [0.05, 0.1) is 0 Å². The molecule has 3 amide bonds. The van der Waals surface area contributed by atoms with Crippen LogP contribution in [0, 0.1) is 0 Å². The number of carbonyl (C=O) groups is 3. The number of aromatic nitrogens is 2. The quantitative estimate of drug-likeness (QED) is 0.234. The first-order valence-corrected chi connectivity index (χ1v) is 6.18. The molecule has 0 bridgehead atoms. The van der Waals surface area contributed by atoms with Crippen LogP contribution in [-0.4, -0.2) is 40.0 Å². The molecule has 6 N–H and O–H groups in total. The Kier molecular flexibility index (Phi) is 4.31. The minimum absolute atomic E-state index is 0.168. The van der Waals surface area contributed by atoms with Gasteiger partial charge in [0.1, 0.15) is 12.1 Å². The van der Waals surface area contributed by atoms with Crippen LogP contribution in [0.3, 0.4) is 0 Å². The Morgan fingerprint density at radius 1 is 1.55 bits per heavy atom. The summed E-state index contributed by atoms with van der Waals surface area (Å²) in [5.74, 6) is 4.02. The van der Waals surface area contributed by atoms with Crippen molar-refractivity contribution in [2.75, 3.05) is 0 Å². The van der Waals surface area contributed by atoms with E-state index in [1.54, 1.807) is 12.3 Å². The van der Waals surface area contributed by atoms with Gasteiger partial charge in [0, 0.05) is 24.7 Å². The van der Waals surface area contributed by atoms with E-state index in [-0.39, 0.29) is 12.3 Å². The summed E-state index contributed by atoms with van der Waals surface area (Å²) in [6, 6.07) is 0.267. The highest BCUT2D eigenvalue weighted by molar-refractivity contribution is 5.93. The lowest BCUT2D eigenvalue weighted by Crippen LogP contribution is -2.53. The molecule has 2 atom stereocenters. The van der Waals surface area contributed by atoms with E-state index in [0.717, 1.165) is 0 Å². The molecule has 20 heavy (non-hydrogen) atoms. The Morgan fingerprint density at radius 2 is 2.35 bits per heavy atom. The molecule has 108 valence electrons. The Labute approximate surface area is 114 Å². The Balaban J connectivity index is 1.98. The first-order valence-electron chi connectivity index (χ1n) is 6.18. The number of hydrogen-bond donors (Lipinski definition) is 5. The second-order valence-corrected chi connectivity index (χ2v) is 4.51. The van der Waals surface area contributed by atoms with Gasteiger partial charge in [-0.2, -0.15) is 5.10 Å². The maximum absolute atomic E-state index is 12.0. The van der Waals surface area contributed by atoms with Gasteiger partial charge in [-0.1, -0.05) is 0 Å². The van der Waals surface area contributed by atoms with E-state index < -0.39 is 23.9 Å². The molecular weight excluding hydrogens is 264 g/mol. The molecule has 0 aliphatic carbocycles. The lowest BCUT2D eigenvalue weighted by atomic mass is 10.1. The molecule has 9 nitrogen and oxygen atoms in total. The van der Waals surface area contributed by atoms with Gasteiger partial charge in [0.25, 0.3) is 5.91 Å². The average Bonchev–Trinajstić information content (AvgIpc) is 3.08. The number of hydrogen-bond acceptors (Lipinski definition) is 5. The summed E-state index contributed by atoms with van der Waals surface area (Å²) < 4.78 is 0. The standard InChI is InChI=1S/C11H16N6O3/c12-16-11(20)8(5-6-3-4-13-17-6)15-10(19)7-1-2-9(18)14-7/h3-4,7-8H,1-2,5,12H2,(H,13,17)(H,14,18)(H,15,19)(H,16,20)/t7-,8+/m0/s1. The summed E-state index contributed by atoms with van der Waals surface area (Å²) in [4.78, 5) is 34.7. The number of carbonyl (C=O) groups excluding carboxylic acids is 3. The zero-order valence-electron chi connectivity index (χ0n) is 10.7. The number of nitrogens with one attached hydrogen (secondary N) is 4. The summed E-state index contributed by atoms with van der Waals surface area (Å²) in [7, 11) is 0. The van der Waals surface area contributed by atoms with Crippen molar-refractivity contribution in [3.63, 3.8) is 0 Å². The minimum Gasteiger partial charge on any atom is -0.344 e. The molecule has 1 aliphatic rings. The van der Waals surface area contributed by atoms with Crippen molar-refractivity contribution in [2.24, 2.45) is 5.84 Å². The first kappa shape index (κ1) is 14.0. The van der Waals surface area contributed by atoms with Crippen LogP contribution in [0.15, 0.2) is 12.3 Å². The van der Waals surface area contributed by atoms with E-state index in [1.165, 1.54) is 0 Å². The molecule has 9 heteroatoms. The zero-order chi connectivity index (χ0) is 14.5. The van der Waals surface area contributed by atoms with Crippen LogP contribution in [0.25, 0.3) is 0 Å². The third kappa shape index (κ3) is 3.32. The summed E-state index contributed by atoms with van der Waals surface area (Å²) in [5, 5.41) is 11.6. The van der Waals surface area contributed by atoms with Crippen LogP contribution >= 0.6 is 0 Å². The van der Waals surface area contributed by atoms with E-state index in [4.69, 9.17) is 5.84 Å². The van der Waals surface area contributed by atoms with Gasteiger partial charge in [-0.25, -0.2) is 5.84 Å². The normalized spacial score (nSPS) is 19.2. The van der Waals surface area contributed by atoms with Crippen LogP contribution < -0.4 is 21.9 Å². The third-order valence-electron chi connectivity index (χ3n) is 3.07. The molecule has 1 aromatic heterocycles. The zero-order valence-corrected chi connectivity index (χ0v) is 10.7. The monoisotopic (exact) mass is 280 g/mol. The smallest absolute Gasteiger partial charge is 0.256 e. The predicted octanol–water partition coefficient (Wildman–Crippen LogP) is -2.29.